The van der Waals surface area contributed by atoms with Crippen LogP contribution in [0.1, 0.15) is 19.3 Å². The Balaban J connectivity index is 1.58. The fraction of sp³-hybridized carbons (Fsp3) is 0.818. The lowest BCUT2D eigenvalue weighted by molar-refractivity contribution is -0.0706. The van der Waals surface area contributed by atoms with Crippen LogP contribution in [-0.4, -0.2) is 52.4 Å². The van der Waals surface area contributed by atoms with Crippen LogP contribution >= 0.6 is 11.7 Å². The highest BCUT2D eigenvalue weighted by Gasteiger charge is 2.36. The van der Waals surface area contributed by atoms with E-state index in [2.05, 4.69) is 14.1 Å². The molecule has 0 aliphatic heterocycles. The molecule has 2 rings (SSSR count). The van der Waals surface area contributed by atoms with Crippen molar-refractivity contribution in [2.75, 3.05) is 26.8 Å². The monoisotopic (exact) mass is 273 g/mol. The SMILES string of the molecule is COC1(CNCC(O)COc2cnsn2)CCC1. The molecule has 1 saturated carbocycles. The van der Waals surface area contributed by atoms with Crippen LogP contribution in [0.2, 0.25) is 0 Å². The van der Waals surface area contributed by atoms with Gasteiger partial charge in [-0.25, -0.2) is 0 Å². The van der Waals surface area contributed by atoms with E-state index in [9.17, 15) is 5.11 Å². The number of aliphatic hydroxyl groups is 1. The summed E-state index contributed by atoms with van der Waals surface area (Å²) in [7, 11) is 1.75. The minimum atomic E-state index is -0.555. The third-order valence-corrected chi connectivity index (χ3v) is 3.75. The molecular weight excluding hydrogens is 254 g/mol. The van der Waals surface area contributed by atoms with Gasteiger partial charge in [0.05, 0.1) is 17.3 Å². The van der Waals surface area contributed by atoms with Gasteiger partial charge >= 0.3 is 0 Å². The van der Waals surface area contributed by atoms with Gasteiger partial charge in [-0.3, -0.25) is 0 Å². The zero-order valence-electron chi connectivity index (χ0n) is 10.5. The van der Waals surface area contributed by atoms with Crippen LogP contribution in [0.25, 0.3) is 0 Å². The van der Waals surface area contributed by atoms with E-state index in [1.807, 2.05) is 0 Å². The Morgan fingerprint density at radius 3 is 3.00 bits per heavy atom. The topological polar surface area (TPSA) is 76.5 Å². The van der Waals surface area contributed by atoms with E-state index in [1.54, 1.807) is 13.3 Å². The molecule has 1 unspecified atom stereocenters. The van der Waals surface area contributed by atoms with Crippen LogP contribution in [0.3, 0.4) is 0 Å². The Morgan fingerprint density at radius 1 is 1.61 bits per heavy atom. The van der Waals surface area contributed by atoms with Crippen molar-refractivity contribution < 1.29 is 14.6 Å². The number of methoxy groups -OCH3 is 1. The van der Waals surface area contributed by atoms with Crippen molar-refractivity contribution in [3.8, 4) is 5.88 Å². The van der Waals surface area contributed by atoms with Crippen LogP contribution in [-0.2, 0) is 4.74 Å². The Hall–Kier alpha value is -0.760. The summed E-state index contributed by atoms with van der Waals surface area (Å²) in [5.41, 5.74) is -0.0145. The lowest BCUT2D eigenvalue weighted by Gasteiger charge is -2.40. The van der Waals surface area contributed by atoms with Crippen LogP contribution in [0.5, 0.6) is 5.88 Å². The molecule has 1 aromatic heterocycles. The molecule has 18 heavy (non-hydrogen) atoms. The van der Waals surface area contributed by atoms with Crippen molar-refractivity contribution in [2.45, 2.75) is 31.0 Å². The maximum atomic E-state index is 9.74. The number of hydrogen-bond acceptors (Lipinski definition) is 7. The number of aromatic nitrogens is 2. The van der Waals surface area contributed by atoms with Gasteiger partial charge in [-0.2, -0.15) is 4.37 Å². The zero-order valence-corrected chi connectivity index (χ0v) is 11.3. The molecule has 1 aliphatic rings. The normalized spacial score (nSPS) is 19.2. The fourth-order valence-electron chi connectivity index (χ4n) is 1.95. The van der Waals surface area contributed by atoms with E-state index in [0.29, 0.717) is 12.4 Å². The van der Waals surface area contributed by atoms with Gasteiger partial charge in [-0.15, -0.1) is 4.37 Å². The molecule has 1 atom stereocenters. The summed E-state index contributed by atoms with van der Waals surface area (Å²) in [6, 6.07) is 0. The molecule has 6 nitrogen and oxygen atoms in total. The van der Waals surface area contributed by atoms with Gasteiger partial charge in [0.1, 0.15) is 18.9 Å². The molecule has 7 heteroatoms. The summed E-state index contributed by atoms with van der Waals surface area (Å²) in [5.74, 6) is 0.464. The van der Waals surface area contributed by atoms with Crippen molar-refractivity contribution in [2.24, 2.45) is 0 Å². The van der Waals surface area contributed by atoms with Gasteiger partial charge in [0, 0.05) is 20.2 Å². The third-order valence-electron chi connectivity index (χ3n) is 3.29. The van der Waals surface area contributed by atoms with E-state index in [4.69, 9.17) is 9.47 Å². The van der Waals surface area contributed by atoms with Gasteiger partial charge in [0.2, 0.25) is 5.88 Å². The van der Waals surface area contributed by atoms with Crippen molar-refractivity contribution in [1.82, 2.24) is 14.1 Å². The fourth-order valence-corrected chi connectivity index (χ4v) is 2.32. The third kappa shape index (κ3) is 3.61. The summed E-state index contributed by atoms with van der Waals surface area (Å²) >= 11 is 1.09. The Labute approximate surface area is 111 Å². The Morgan fingerprint density at radius 2 is 2.44 bits per heavy atom. The van der Waals surface area contributed by atoms with Crippen molar-refractivity contribution in [1.29, 1.82) is 0 Å². The quantitative estimate of drug-likeness (QED) is 0.715. The molecule has 0 amide bonds. The first-order chi connectivity index (χ1) is 8.74. The molecule has 1 aromatic rings. The van der Waals surface area contributed by atoms with Crippen LogP contribution in [0.15, 0.2) is 6.20 Å². The highest BCUT2D eigenvalue weighted by Crippen LogP contribution is 2.34. The first-order valence-corrected chi connectivity index (χ1v) is 6.81. The predicted molar refractivity (Wildman–Crippen MR) is 67.9 cm³/mol. The molecule has 102 valence electrons. The standard InChI is InChI=1S/C11H19N3O3S/c1-16-11(3-2-4-11)8-12-5-9(15)7-17-10-6-13-18-14-10/h6,9,12,15H,2-5,7-8H2,1H3. The first kappa shape index (κ1) is 13.7. The second-order valence-corrected chi connectivity index (χ2v) is 5.14. The minimum Gasteiger partial charge on any atom is -0.473 e. The zero-order chi connectivity index (χ0) is 12.8. The lowest BCUT2D eigenvalue weighted by Crippen LogP contribution is -2.49. The summed E-state index contributed by atoms with van der Waals surface area (Å²) in [6.45, 7) is 1.49. The number of rotatable bonds is 8. The maximum absolute atomic E-state index is 9.74. The first-order valence-electron chi connectivity index (χ1n) is 6.08. The minimum absolute atomic E-state index is 0.0145. The number of ether oxygens (including phenoxy) is 2. The maximum Gasteiger partial charge on any atom is 0.245 e. The summed E-state index contributed by atoms with van der Waals surface area (Å²) in [5, 5.41) is 13.0. The highest BCUT2D eigenvalue weighted by atomic mass is 32.1. The van der Waals surface area contributed by atoms with Crippen LogP contribution in [0, 0.1) is 0 Å². The average Bonchev–Trinajstić information content (AvgIpc) is 2.83. The van der Waals surface area contributed by atoms with Gasteiger partial charge in [0.15, 0.2) is 0 Å². The number of nitrogens with zero attached hydrogens (tertiary/aromatic N) is 2. The van der Waals surface area contributed by atoms with Crippen molar-refractivity contribution >= 4 is 11.7 Å². The molecule has 0 radical (unpaired) electrons. The molecule has 1 fully saturated rings. The van der Waals surface area contributed by atoms with E-state index >= 15 is 0 Å². The molecule has 1 aliphatic carbocycles. The molecular formula is C11H19N3O3S. The van der Waals surface area contributed by atoms with E-state index in [-0.39, 0.29) is 12.2 Å². The van der Waals surface area contributed by atoms with Crippen molar-refractivity contribution in [3.05, 3.63) is 6.20 Å². The Bertz CT molecular complexity index is 338. The van der Waals surface area contributed by atoms with E-state index < -0.39 is 6.10 Å². The van der Waals surface area contributed by atoms with Gasteiger partial charge in [-0.05, 0) is 19.3 Å². The second kappa shape index (κ2) is 6.42. The lowest BCUT2D eigenvalue weighted by atomic mass is 9.80. The summed E-state index contributed by atoms with van der Waals surface area (Å²) in [4.78, 5) is 0. The van der Waals surface area contributed by atoms with E-state index in [1.165, 1.54) is 6.42 Å². The average molecular weight is 273 g/mol. The second-order valence-electron chi connectivity index (χ2n) is 4.58. The largest absolute Gasteiger partial charge is 0.473 e. The highest BCUT2D eigenvalue weighted by molar-refractivity contribution is 6.99. The van der Waals surface area contributed by atoms with Gasteiger partial charge < -0.3 is 19.9 Å². The van der Waals surface area contributed by atoms with Crippen molar-refractivity contribution in [3.63, 3.8) is 0 Å². The molecule has 0 spiro atoms. The molecule has 0 aromatic carbocycles. The van der Waals surface area contributed by atoms with Gasteiger partial charge in [0.25, 0.3) is 0 Å². The van der Waals surface area contributed by atoms with Crippen LogP contribution in [0.4, 0.5) is 0 Å². The van der Waals surface area contributed by atoms with E-state index in [0.717, 1.165) is 31.1 Å². The summed E-state index contributed by atoms with van der Waals surface area (Å²) < 4.78 is 18.5. The van der Waals surface area contributed by atoms with Crippen LogP contribution < -0.4 is 10.1 Å². The predicted octanol–water partition coefficient (Wildman–Crippen LogP) is 0.436. The number of nitrogens with one attached hydrogen (secondary N) is 1. The van der Waals surface area contributed by atoms with Gasteiger partial charge in [-0.1, -0.05) is 0 Å². The Kier molecular flexibility index (Phi) is 4.87. The smallest absolute Gasteiger partial charge is 0.245 e. The molecule has 1 heterocycles. The molecule has 2 N–H and O–H groups in total. The number of hydrogen-bond donors (Lipinski definition) is 2. The summed E-state index contributed by atoms with van der Waals surface area (Å²) in [6.07, 6.45) is 4.39. The molecule has 0 saturated heterocycles. The number of aliphatic hydroxyl groups excluding tert-OH is 1. The molecule has 0 bridgehead atoms.